The van der Waals surface area contributed by atoms with Gasteiger partial charge in [-0.15, -0.1) is 0 Å². The summed E-state index contributed by atoms with van der Waals surface area (Å²) >= 11 is 0. The van der Waals surface area contributed by atoms with Crippen molar-refractivity contribution in [3.05, 3.63) is 48.0 Å². The van der Waals surface area contributed by atoms with Crippen molar-refractivity contribution < 1.29 is 31.3 Å². The van der Waals surface area contributed by atoms with Crippen molar-refractivity contribution in [3.8, 4) is 5.75 Å². The van der Waals surface area contributed by atoms with Crippen LogP contribution in [0.1, 0.15) is 12.0 Å². The second-order valence-electron chi connectivity index (χ2n) is 8.61. The fraction of sp³-hybridized carbons (Fsp3) is 0.348. The van der Waals surface area contributed by atoms with Crippen LogP contribution in [-0.2, 0) is 14.5 Å². The van der Waals surface area contributed by atoms with Gasteiger partial charge in [0.2, 0.25) is 0 Å². The summed E-state index contributed by atoms with van der Waals surface area (Å²) in [5.74, 6) is -0.696. The number of rotatable bonds is 7. The standard InChI is InChI=1S/C23H24F4N6O3S/c1-13-6-16(33-37(35)5-4-15(28)10-37)8-18-21(13)22(31-12-30-18)32-17-3-2-14(24)7-19(17)36-9-20(34)29-11-23(25,26)27/h2-3,6-8,12,15H,4-5,9-11,28H2,1H3,(H,29,34)(H,30,31,32). The molecule has 2 heterocycles. The summed E-state index contributed by atoms with van der Waals surface area (Å²) in [6.45, 7) is -0.465. The summed E-state index contributed by atoms with van der Waals surface area (Å²) in [4.78, 5) is 20.3. The van der Waals surface area contributed by atoms with Gasteiger partial charge >= 0.3 is 6.18 Å². The molecule has 2 aromatic carbocycles. The van der Waals surface area contributed by atoms with Crippen LogP contribution in [0.5, 0.6) is 5.75 Å². The number of amides is 1. The van der Waals surface area contributed by atoms with E-state index < -0.39 is 40.8 Å². The molecule has 1 aliphatic heterocycles. The van der Waals surface area contributed by atoms with Gasteiger partial charge in [0.15, 0.2) is 6.61 Å². The van der Waals surface area contributed by atoms with E-state index in [9.17, 15) is 26.6 Å². The lowest BCUT2D eigenvalue weighted by molar-refractivity contribution is -0.139. The Labute approximate surface area is 210 Å². The van der Waals surface area contributed by atoms with Gasteiger partial charge in [-0.2, -0.15) is 17.5 Å². The maximum absolute atomic E-state index is 13.9. The van der Waals surface area contributed by atoms with Gasteiger partial charge in [-0.25, -0.2) is 18.6 Å². The average Bonchev–Trinajstić information content (AvgIpc) is 3.15. The molecule has 0 saturated carbocycles. The predicted octanol–water partition coefficient (Wildman–Crippen LogP) is 3.71. The normalized spacial score (nSPS) is 19.6. The van der Waals surface area contributed by atoms with Crippen LogP contribution in [0.15, 0.2) is 41.0 Å². The van der Waals surface area contributed by atoms with Gasteiger partial charge < -0.3 is 21.1 Å². The zero-order valence-corrected chi connectivity index (χ0v) is 20.5. The van der Waals surface area contributed by atoms with E-state index in [2.05, 4.69) is 19.6 Å². The highest BCUT2D eigenvalue weighted by molar-refractivity contribution is 7.94. The van der Waals surface area contributed by atoms with Gasteiger partial charge in [0.25, 0.3) is 5.91 Å². The molecule has 9 nitrogen and oxygen atoms in total. The summed E-state index contributed by atoms with van der Waals surface area (Å²) in [6.07, 6.45) is -2.62. The SMILES string of the molecule is Cc1cc(N=S2(=O)CCC(N)C2)cc2ncnc(Nc3ccc(F)cc3OCC(=O)NCC(F)(F)F)c12. The van der Waals surface area contributed by atoms with Crippen molar-refractivity contribution in [3.63, 3.8) is 0 Å². The molecular formula is C23H24F4N6O3S. The Hall–Kier alpha value is -3.52. The van der Waals surface area contributed by atoms with Gasteiger partial charge in [-0.3, -0.25) is 4.79 Å². The van der Waals surface area contributed by atoms with Crippen LogP contribution in [0, 0.1) is 12.7 Å². The molecule has 1 aromatic heterocycles. The average molecular weight is 541 g/mol. The van der Waals surface area contributed by atoms with Crippen LogP contribution >= 0.6 is 0 Å². The van der Waals surface area contributed by atoms with Crippen molar-refractivity contribution in [2.75, 3.05) is 30.0 Å². The molecular weight excluding hydrogens is 516 g/mol. The van der Waals surface area contributed by atoms with Gasteiger partial charge in [0.05, 0.1) is 26.6 Å². The molecule has 3 aromatic rings. The number of aryl methyl sites for hydroxylation is 1. The first-order chi connectivity index (χ1) is 17.4. The maximum atomic E-state index is 13.9. The molecule has 0 spiro atoms. The quantitative estimate of drug-likeness (QED) is 0.390. The highest BCUT2D eigenvalue weighted by Gasteiger charge is 2.28. The van der Waals surface area contributed by atoms with Crippen LogP contribution in [-0.4, -0.2) is 57.0 Å². The number of halogens is 4. The fourth-order valence-corrected chi connectivity index (χ4v) is 6.20. The topological polar surface area (TPSA) is 132 Å². The van der Waals surface area contributed by atoms with E-state index in [1.54, 1.807) is 24.4 Å². The van der Waals surface area contributed by atoms with E-state index in [-0.39, 0.29) is 17.5 Å². The van der Waals surface area contributed by atoms with E-state index in [1.807, 2.05) is 0 Å². The van der Waals surface area contributed by atoms with Crippen LogP contribution < -0.4 is 21.1 Å². The first-order valence-corrected chi connectivity index (χ1v) is 13.0. The third-order valence-electron chi connectivity index (χ3n) is 5.52. The first kappa shape index (κ1) is 26.5. The molecule has 2 atom stereocenters. The molecule has 2 unspecified atom stereocenters. The first-order valence-electron chi connectivity index (χ1n) is 11.2. The number of fused-ring (bicyclic) bond motifs is 1. The van der Waals surface area contributed by atoms with E-state index >= 15 is 0 Å². The lowest BCUT2D eigenvalue weighted by Gasteiger charge is -2.15. The van der Waals surface area contributed by atoms with Crippen molar-refractivity contribution in [2.24, 2.45) is 10.1 Å². The van der Waals surface area contributed by atoms with Crippen LogP contribution in [0.2, 0.25) is 0 Å². The number of carbonyl (C=O) groups is 1. The third kappa shape index (κ3) is 6.83. The number of carbonyl (C=O) groups excluding carboxylic acids is 1. The number of hydrogen-bond donors (Lipinski definition) is 3. The Morgan fingerprint density at radius 1 is 1.27 bits per heavy atom. The Balaban J connectivity index is 1.59. The van der Waals surface area contributed by atoms with Crippen molar-refractivity contribution in [1.29, 1.82) is 0 Å². The molecule has 1 saturated heterocycles. The predicted molar refractivity (Wildman–Crippen MR) is 131 cm³/mol. The Kier molecular flexibility index (Phi) is 7.50. The number of aromatic nitrogens is 2. The molecule has 4 rings (SSSR count). The highest BCUT2D eigenvalue weighted by Crippen LogP contribution is 2.34. The van der Waals surface area contributed by atoms with Crippen LogP contribution in [0.3, 0.4) is 0 Å². The maximum Gasteiger partial charge on any atom is 0.405 e. The molecule has 0 aliphatic carbocycles. The lowest BCUT2D eigenvalue weighted by Crippen LogP contribution is -2.36. The molecule has 37 heavy (non-hydrogen) atoms. The highest BCUT2D eigenvalue weighted by atomic mass is 32.2. The zero-order valence-electron chi connectivity index (χ0n) is 19.6. The Bertz CT molecular complexity index is 1460. The smallest absolute Gasteiger partial charge is 0.405 e. The number of nitrogens with zero attached hydrogens (tertiary/aromatic N) is 3. The number of anilines is 2. The van der Waals surface area contributed by atoms with Gasteiger partial charge in [-0.05, 0) is 43.2 Å². The molecule has 0 bridgehead atoms. The summed E-state index contributed by atoms with van der Waals surface area (Å²) in [6, 6.07) is 6.78. The van der Waals surface area contributed by atoms with E-state index in [4.69, 9.17) is 10.5 Å². The van der Waals surface area contributed by atoms with E-state index in [0.717, 1.165) is 17.7 Å². The molecule has 0 radical (unpaired) electrons. The molecule has 1 aliphatic rings. The van der Waals surface area contributed by atoms with Crippen molar-refractivity contribution in [1.82, 2.24) is 15.3 Å². The zero-order chi connectivity index (χ0) is 26.8. The van der Waals surface area contributed by atoms with E-state index in [0.29, 0.717) is 40.3 Å². The Morgan fingerprint density at radius 2 is 2.05 bits per heavy atom. The van der Waals surface area contributed by atoms with Gasteiger partial charge in [-0.1, -0.05) is 0 Å². The number of alkyl halides is 3. The number of nitrogens with one attached hydrogen (secondary N) is 2. The van der Waals surface area contributed by atoms with Gasteiger partial charge in [0, 0.05) is 29.0 Å². The molecule has 4 N–H and O–H groups in total. The van der Waals surface area contributed by atoms with Crippen LogP contribution in [0.25, 0.3) is 10.9 Å². The number of hydrogen-bond acceptors (Lipinski definition) is 8. The number of benzene rings is 2. The summed E-state index contributed by atoms with van der Waals surface area (Å²) in [5.41, 5.74) is 7.86. The van der Waals surface area contributed by atoms with Gasteiger partial charge in [0.1, 0.15) is 30.3 Å². The lowest BCUT2D eigenvalue weighted by atomic mass is 10.1. The summed E-state index contributed by atoms with van der Waals surface area (Å²) in [7, 11) is -2.44. The third-order valence-corrected chi connectivity index (χ3v) is 7.88. The molecule has 1 amide bonds. The molecule has 198 valence electrons. The van der Waals surface area contributed by atoms with Crippen molar-refractivity contribution >= 4 is 43.7 Å². The molecule has 14 heteroatoms. The van der Waals surface area contributed by atoms with Crippen molar-refractivity contribution in [2.45, 2.75) is 25.6 Å². The second kappa shape index (κ2) is 10.5. The largest absolute Gasteiger partial charge is 0.481 e. The Morgan fingerprint density at radius 3 is 2.76 bits per heavy atom. The summed E-state index contributed by atoms with van der Waals surface area (Å²) < 4.78 is 73.5. The molecule has 1 fully saturated rings. The van der Waals surface area contributed by atoms with E-state index in [1.165, 1.54) is 12.4 Å². The minimum Gasteiger partial charge on any atom is -0.481 e. The number of nitrogens with two attached hydrogens (primary N) is 1. The summed E-state index contributed by atoms with van der Waals surface area (Å²) in [5, 5.41) is 5.30. The second-order valence-corrected chi connectivity index (χ2v) is 11.1. The fourth-order valence-electron chi connectivity index (χ4n) is 3.87. The number of ether oxygens (including phenoxy) is 1. The monoisotopic (exact) mass is 540 g/mol. The minimum atomic E-state index is -4.57. The minimum absolute atomic E-state index is 0.104. The van der Waals surface area contributed by atoms with Crippen LogP contribution in [0.4, 0.5) is 34.8 Å².